The average Bonchev–Trinajstić information content (AvgIpc) is 2.65. The number of hydrogen-bond donors (Lipinski definition) is 1. The van der Waals surface area contributed by atoms with Gasteiger partial charge in [0.05, 0.1) is 12.7 Å². The first-order valence-electron chi connectivity index (χ1n) is 8.73. The van der Waals surface area contributed by atoms with Gasteiger partial charge in [-0.15, -0.1) is 12.4 Å². The highest BCUT2D eigenvalue weighted by atomic mass is 35.5. The van der Waals surface area contributed by atoms with Crippen molar-refractivity contribution in [2.24, 2.45) is 5.16 Å². The number of rotatable bonds is 7. The summed E-state index contributed by atoms with van der Waals surface area (Å²) in [5.74, 6) is 0.470. The summed E-state index contributed by atoms with van der Waals surface area (Å²) >= 11 is 0. The van der Waals surface area contributed by atoms with E-state index in [9.17, 15) is 9.90 Å². The third-order valence-electron chi connectivity index (χ3n) is 4.38. The summed E-state index contributed by atoms with van der Waals surface area (Å²) in [6.45, 7) is 4.50. The quantitative estimate of drug-likeness (QED) is 0.553. The molecule has 1 N–H and O–H groups in total. The molecule has 1 unspecified atom stereocenters. The molecule has 1 heterocycles. The van der Waals surface area contributed by atoms with Crippen LogP contribution < -0.4 is 4.74 Å². The van der Waals surface area contributed by atoms with Crippen molar-refractivity contribution >= 4 is 24.5 Å². The summed E-state index contributed by atoms with van der Waals surface area (Å²) in [6.07, 6.45) is 4.70. The number of benzene rings is 1. The van der Waals surface area contributed by atoms with Gasteiger partial charge in [-0.25, -0.2) is 0 Å². The van der Waals surface area contributed by atoms with Crippen LogP contribution in [-0.4, -0.2) is 60.5 Å². The fourth-order valence-corrected chi connectivity index (χ4v) is 2.87. The molecule has 0 aliphatic carbocycles. The largest absolute Gasteiger partial charge is 0.497 e. The van der Waals surface area contributed by atoms with Gasteiger partial charge in [-0.2, -0.15) is 0 Å². The number of methoxy groups -OCH3 is 1. The number of nitrogens with zero attached hydrogens (tertiary/aromatic N) is 3. The molecule has 0 fully saturated rings. The molecule has 1 aliphatic rings. The van der Waals surface area contributed by atoms with E-state index in [4.69, 9.17) is 9.57 Å². The molecule has 0 aromatic heterocycles. The van der Waals surface area contributed by atoms with E-state index >= 15 is 0 Å². The number of carbonyl (C=O) groups is 1. The highest BCUT2D eigenvalue weighted by molar-refractivity contribution is 6.01. The number of likely N-dealkylation sites (N-methyl/N-ethyl adjacent to an activating group) is 2. The molecule has 8 heteroatoms. The summed E-state index contributed by atoms with van der Waals surface area (Å²) in [6, 6.07) is 7.41. The predicted molar refractivity (Wildman–Crippen MR) is 111 cm³/mol. The number of amides is 1. The van der Waals surface area contributed by atoms with Crippen LogP contribution in [0.25, 0.3) is 0 Å². The van der Waals surface area contributed by atoms with E-state index in [1.165, 1.54) is 11.1 Å². The fraction of sp³-hybridized carbons (Fsp3) is 0.400. The molecule has 154 valence electrons. The van der Waals surface area contributed by atoms with Crippen LogP contribution in [0.1, 0.15) is 19.4 Å². The van der Waals surface area contributed by atoms with Gasteiger partial charge in [0.25, 0.3) is 5.91 Å². The second-order valence-corrected chi connectivity index (χ2v) is 6.41. The maximum atomic E-state index is 12.5. The van der Waals surface area contributed by atoms with Crippen molar-refractivity contribution in [2.75, 3.05) is 27.7 Å². The van der Waals surface area contributed by atoms with Crippen molar-refractivity contribution in [1.29, 1.82) is 0 Å². The molecule has 0 bridgehead atoms. The minimum Gasteiger partial charge on any atom is -0.497 e. The molecule has 1 aliphatic heterocycles. The van der Waals surface area contributed by atoms with Gasteiger partial charge < -0.3 is 24.5 Å². The Morgan fingerprint density at radius 1 is 1.29 bits per heavy atom. The van der Waals surface area contributed by atoms with Crippen LogP contribution >= 0.6 is 12.4 Å². The van der Waals surface area contributed by atoms with Crippen molar-refractivity contribution in [1.82, 2.24) is 9.80 Å². The third kappa shape index (κ3) is 5.05. The van der Waals surface area contributed by atoms with Crippen LogP contribution in [0.5, 0.6) is 5.75 Å². The second-order valence-electron chi connectivity index (χ2n) is 6.41. The Morgan fingerprint density at radius 2 is 1.93 bits per heavy atom. The van der Waals surface area contributed by atoms with E-state index in [1.807, 2.05) is 38.1 Å². The van der Waals surface area contributed by atoms with Crippen molar-refractivity contribution < 1.29 is 19.5 Å². The van der Waals surface area contributed by atoms with Crippen LogP contribution in [0, 0.1) is 0 Å². The van der Waals surface area contributed by atoms with Crippen molar-refractivity contribution in [3.8, 4) is 5.75 Å². The van der Waals surface area contributed by atoms with Gasteiger partial charge in [0, 0.05) is 26.3 Å². The Morgan fingerprint density at radius 3 is 2.46 bits per heavy atom. The lowest BCUT2D eigenvalue weighted by atomic mass is 9.96. The van der Waals surface area contributed by atoms with Gasteiger partial charge in [-0.05, 0) is 43.7 Å². The van der Waals surface area contributed by atoms with Gasteiger partial charge in [0.15, 0.2) is 0 Å². The number of hydrogen-bond acceptors (Lipinski definition) is 6. The Bertz CT molecular complexity index is 759. The molecule has 0 saturated heterocycles. The van der Waals surface area contributed by atoms with Crippen LogP contribution in [-0.2, 0) is 16.2 Å². The molecule has 1 aromatic rings. The van der Waals surface area contributed by atoms with E-state index in [0.717, 1.165) is 17.0 Å². The first-order chi connectivity index (χ1) is 12.8. The molecular formula is C20H28ClN3O4. The summed E-state index contributed by atoms with van der Waals surface area (Å²) in [7, 11) is 4.89. The molecule has 1 aromatic carbocycles. The molecule has 0 saturated carbocycles. The van der Waals surface area contributed by atoms with Gasteiger partial charge in [0.1, 0.15) is 18.6 Å². The maximum absolute atomic E-state index is 12.5. The zero-order valence-electron chi connectivity index (χ0n) is 16.9. The maximum Gasteiger partial charge on any atom is 0.254 e. The van der Waals surface area contributed by atoms with E-state index < -0.39 is 5.72 Å². The molecule has 1 amide bonds. The minimum absolute atomic E-state index is 0. The van der Waals surface area contributed by atoms with Crippen LogP contribution in [0.2, 0.25) is 0 Å². The van der Waals surface area contributed by atoms with E-state index in [0.29, 0.717) is 6.54 Å². The minimum atomic E-state index is -1.67. The molecular weight excluding hydrogens is 382 g/mol. The lowest BCUT2D eigenvalue weighted by Crippen LogP contribution is -2.55. The van der Waals surface area contributed by atoms with E-state index in [-0.39, 0.29) is 30.5 Å². The number of carbonyl (C=O) groups excluding carboxylic acids is 1. The standard InChI is InChI=1S/C20H27N3O4.ClH/c1-6-23-15(2)7-12-18(19(24)22(3)4)20(23,25)14-21-27-13-16-8-10-17(26-5)11-9-16;/h7-12,14,25H,6,13H2,1-5H3;1H. The highest BCUT2D eigenvalue weighted by Crippen LogP contribution is 2.30. The lowest BCUT2D eigenvalue weighted by Gasteiger charge is -2.41. The predicted octanol–water partition coefficient (Wildman–Crippen LogP) is 2.56. The van der Waals surface area contributed by atoms with Gasteiger partial charge in [-0.3, -0.25) is 4.79 Å². The number of halogens is 1. The first kappa shape index (κ1) is 23.5. The van der Waals surface area contributed by atoms with Gasteiger partial charge in [-0.1, -0.05) is 17.3 Å². The van der Waals surface area contributed by atoms with Gasteiger partial charge >= 0.3 is 0 Å². The molecule has 28 heavy (non-hydrogen) atoms. The second kappa shape index (κ2) is 10.1. The normalized spacial score (nSPS) is 18.9. The fourth-order valence-electron chi connectivity index (χ4n) is 2.87. The van der Waals surface area contributed by atoms with E-state index in [1.54, 1.807) is 38.3 Å². The van der Waals surface area contributed by atoms with Gasteiger partial charge in [0.2, 0.25) is 5.72 Å². The number of allylic oxidation sites excluding steroid dienone is 3. The van der Waals surface area contributed by atoms with Crippen molar-refractivity contribution in [3.63, 3.8) is 0 Å². The van der Waals surface area contributed by atoms with Crippen LogP contribution in [0.15, 0.2) is 52.8 Å². The van der Waals surface area contributed by atoms with Crippen LogP contribution in [0.3, 0.4) is 0 Å². The third-order valence-corrected chi connectivity index (χ3v) is 4.38. The Labute approximate surface area is 172 Å². The molecule has 7 nitrogen and oxygen atoms in total. The van der Waals surface area contributed by atoms with Crippen molar-refractivity contribution in [2.45, 2.75) is 26.2 Å². The molecule has 1 atom stereocenters. The first-order valence-corrected chi connectivity index (χ1v) is 8.73. The molecule has 0 radical (unpaired) electrons. The highest BCUT2D eigenvalue weighted by Gasteiger charge is 2.42. The Kier molecular flexibility index (Phi) is 8.53. The summed E-state index contributed by atoms with van der Waals surface area (Å²) in [5.41, 5.74) is 0.287. The zero-order chi connectivity index (χ0) is 20.0. The molecule has 0 spiro atoms. The number of aliphatic hydroxyl groups is 1. The monoisotopic (exact) mass is 409 g/mol. The average molecular weight is 410 g/mol. The van der Waals surface area contributed by atoms with Crippen molar-refractivity contribution in [3.05, 3.63) is 53.3 Å². The zero-order valence-corrected chi connectivity index (χ0v) is 17.7. The smallest absolute Gasteiger partial charge is 0.254 e. The number of ether oxygens (including phenoxy) is 1. The number of oxime groups is 1. The Hall–Kier alpha value is -2.51. The van der Waals surface area contributed by atoms with Crippen LogP contribution in [0.4, 0.5) is 0 Å². The lowest BCUT2D eigenvalue weighted by molar-refractivity contribution is -0.128. The Balaban J connectivity index is 0.00000392. The summed E-state index contributed by atoms with van der Waals surface area (Å²) in [4.78, 5) is 21.0. The summed E-state index contributed by atoms with van der Waals surface area (Å²) < 4.78 is 5.12. The SMILES string of the molecule is CCN1C(C)=CC=C(C(=O)N(C)C)C1(O)C=NOCc1ccc(OC)cc1.Cl. The summed E-state index contributed by atoms with van der Waals surface area (Å²) in [5, 5.41) is 15.2. The molecule has 2 rings (SSSR count). The topological polar surface area (TPSA) is 74.6 Å². The van der Waals surface area contributed by atoms with E-state index in [2.05, 4.69) is 5.16 Å².